The zero-order valence-electron chi connectivity index (χ0n) is 12.2. The molecule has 110 valence electrons. The Morgan fingerprint density at radius 1 is 1.19 bits per heavy atom. The molecule has 0 radical (unpaired) electrons. The molecule has 1 aromatic heterocycles. The van der Waals surface area contributed by atoms with Crippen LogP contribution in [0.15, 0.2) is 42.7 Å². The summed E-state index contributed by atoms with van der Waals surface area (Å²) in [5.41, 5.74) is 2.31. The van der Waals surface area contributed by atoms with Crippen LogP contribution >= 0.6 is 0 Å². The highest BCUT2D eigenvalue weighted by atomic mass is 16.5. The van der Waals surface area contributed by atoms with Gasteiger partial charge in [-0.3, -0.25) is 4.98 Å². The van der Waals surface area contributed by atoms with Crippen LogP contribution in [-0.4, -0.2) is 18.2 Å². The van der Waals surface area contributed by atoms with Crippen molar-refractivity contribution in [1.82, 2.24) is 10.3 Å². The number of hydrogen-bond donors (Lipinski definition) is 1. The van der Waals surface area contributed by atoms with Gasteiger partial charge in [0.05, 0.1) is 13.2 Å². The first-order valence-corrected chi connectivity index (χ1v) is 7.35. The highest BCUT2D eigenvalue weighted by Crippen LogP contribution is 2.33. The van der Waals surface area contributed by atoms with Crippen LogP contribution in [0.5, 0.6) is 11.5 Å². The number of rotatable bonds is 4. The number of pyridine rings is 1. The molecular formula is C17H20N2O2. The average Bonchev–Trinajstić information content (AvgIpc) is 2.79. The fourth-order valence-electron chi connectivity index (χ4n) is 2.41. The van der Waals surface area contributed by atoms with E-state index in [9.17, 15) is 0 Å². The molecule has 4 nitrogen and oxygen atoms in total. The first-order valence-electron chi connectivity index (χ1n) is 7.35. The van der Waals surface area contributed by atoms with Crippen LogP contribution in [0, 0.1) is 0 Å². The third kappa shape index (κ3) is 3.34. The first kappa shape index (κ1) is 13.9. The number of benzene rings is 1. The molecule has 4 heteroatoms. The second kappa shape index (κ2) is 6.59. The number of aromatic nitrogens is 1. The van der Waals surface area contributed by atoms with E-state index in [1.807, 2.05) is 24.4 Å². The fourth-order valence-corrected chi connectivity index (χ4v) is 2.41. The van der Waals surface area contributed by atoms with Crippen molar-refractivity contribution in [2.45, 2.75) is 25.9 Å². The second-order valence-electron chi connectivity index (χ2n) is 5.18. The Kier molecular flexibility index (Phi) is 4.36. The molecule has 0 unspecified atom stereocenters. The van der Waals surface area contributed by atoms with Crippen molar-refractivity contribution >= 4 is 0 Å². The fraction of sp³-hybridized carbons (Fsp3) is 0.353. The lowest BCUT2D eigenvalue weighted by Crippen LogP contribution is -2.18. The maximum absolute atomic E-state index is 5.84. The van der Waals surface area contributed by atoms with Crippen molar-refractivity contribution in [3.05, 3.63) is 53.9 Å². The second-order valence-corrected chi connectivity index (χ2v) is 5.18. The van der Waals surface area contributed by atoms with Gasteiger partial charge in [0.15, 0.2) is 11.5 Å². The lowest BCUT2D eigenvalue weighted by Gasteiger charge is -2.16. The van der Waals surface area contributed by atoms with E-state index < -0.39 is 0 Å². The number of nitrogens with one attached hydrogen (secondary N) is 1. The van der Waals surface area contributed by atoms with Crippen molar-refractivity contribution in [1.29, 1.82) is 0 Å². The standard InChI is InChI=1S/C17H20N2O2/c1-13(14-6-3-8-18-11-14)19-12-15-5-2-7-16-17(15)21-10-4-9-20-16/h2-3,5-8,11,13,19H,4,9-10,12H2,1H3/t13-/m0/s1. The van der Waals surface area contributed by atoms with Crippen LogP contribution in [0.3, 0.4) is 0 Å². The van der Waals surface area contributed by atoms with Crippen LogP contribution in [0.4, 0.5) is 0 Å². The number of nitrogens with zero attached hydrogens (tertiary/aromatic N) is 1. The Morgan fingerprint density at radius 2 is 2.10 bits per heavy atom. The topological polar surface area (TPSA) is 43.4 Å². The summed E-state index contributed by atoms with van der Waals surface area (Å²) in [7, 11) is 0. The van der Waals surface area contributed by atoms with Crippen molar-refractivity contribution in [2.24, 2.45) is 0 Å². The van der Waals surface area contributed by atoms with Crippen LogP contribution in [0.1, 0.15) is 30.5 Å². The average molecular weight is 284 g/mol. The minimum absolute atomic E-state index is 0.237. The highest BCUT2D eigenvalue weighted by molar-refractivity contribution is 5.47. The third-order valence-corrected chi connectivity index (χ3v) is 3.64. The normalized spacial score (nSPS) is 15.3. The van der Waals surface area contributed by atoms with Gasteiger partial charge < -0.3 is 14.8 Å². The first-order chi connectivity index (χ1) is 10.3. The van der Waals surface area contributed by atoms with E-state index in [-0.39, 0.29) is 6.04 Å². The Balaban J connectivity index is 1.71. The predicted molar refractivity (Wildman–Crippen MR) is 81.5 cm³/mol. The van der Waals surface area contributed by atoms with E-state index >= 15 is 0 Å². The summed E-state index contributed by atoms with van der Waals surface area (Å²) in [6.07, 6.45) is 4.61. The smallest absolute Gasteiger partial charge is 0.165 e. The van der Waals surface area contributed by atoms with Crippen LogP contribution in [-0.2, 0) is 6.54 Å². The van der Waals surface area contributed by atoms with Gasteiger partial charge in [-0.2, -0.15) is 0 Å². The molecule has 0 amide bonds. The predicted octanol–water partition coefficient (Wildman–Crippen LogP) is 3.09. The summed E-state index contributed by atoms with van der Waals surface area (Å²) < 4.78 is 11.6. The molecule has 1 N–H and O–H groups in total. The zero-order valence-corrected chi connectivity index (χ0v) is 12.2. The van der Waals surface area contributed by atoms with Gasteiger partial charge in [0.2, 0.25) is 0 Å². The Morgan fingerprint density at radius 3 is 2.95 bits per heavy atom. The SMILES string of the molecule is C[C@H](NCc1cccc2c1OCCCO2)c1cccnc1. The van der Waals surface area contributed by atoms with Gasteiger partial charge in [-0.15, -0.1) is 0 Å². The highest BCUT2D eigenvalue weighted by Gasteiger charge is 2.15. The van der Waals surface area contributed by atoms with E-state index in [0.717, 1.165) is 36.6 Å². The number of para-hydroxylation sites is 1. The lowest BCUT2D eigenvalue weighted by molar-refractivity contribution is 0.295. The minimum Gasteiger partial charge on any atom is -0.490 e. The van der Waals surface area contributed by atoms with Gasteiger partial charge in [0.25, 0.3) is 0 Å². The van der Waals surface area contributed by atoms with Crippen LogP contribution in [0.25, 0.3) is 0 Å². The van der Waals surface area contributed by atoms with Gasteiger partial charge in [-0.25, -0.2) is 0 Å². The molecule has 0 spiro atoms. The van der Waals surface area contributed by atoms with Gasteiger partial charge in [0.1, 0.15) is 0 Å². The zero-order chi connectivity index (χ0) is 14.5. The lowest BCUT2D eigenvalue weighted by atomic mass is 10.1. The van der Waals surface area contributed by atoms with E-state index in [2.05, 4.69) is 29.4 Å². The van der Waals surface area contributed by atoms with E-state index in [1.54, 1.807) is 6.20 Å². The molecule has 0 bridgehead atoms. The van der Waals surface area contributed by atoms with Crippen LogP contribution in [0.2, 0.25) is 0 Å². The summed E-state index contributed by atoms with van der Waals surface area (Å²) in [6, 6.07) is 10.3. The summed E-state index contributed by atoms with van der Waals surface area (Å²) in [5.74, 6) is 1.72. The van der Waals surface area contributed by atoms with Gasteiger partial charge in [-0.1, -0.05) is 18.2 Å². The van der Waals surface area contributed by atoms with Gasteiger partial charge >= 0.3 is 0 Å². The van der Waals surface area contributed by atoms with Crippen molar-refractivity contribution in [3.8, 4) is 11.5 Å². The molecule has 21 heavy (non-hydrogen) atoms. The molecule has 2 aromatic rings. The Hall–Kier alpha value is -2.07. The number of ether oxygens (including phenoxy) is 2. The van der Waals surface area contributed by atoms with Gasteiger partial charge in [0, 0.05) is 37.0 Å². The van der Waals surface area contributed by atoms with Crippen molar-refractivity contribution in [3.63, 3.8) is 0 Å². The van der Waals surface area contributed by atoms with E-state index in [1.165, 1.54) is 5.56 Å². The molecule has 1 aromatic carbocycles. The van der Waals surface area contributed by atoms with Crippen molar-refractivity contribution < 1.29 is 9.47 Å². The summed E-state index contributed by atoms with van der Waals surface area (Å²) in [6.45, 7) is 4.30. The molecule has 0 saturated heterocycles. The van der Waals surface area contributed by atoms with E-state index in [4.69, 9.17) is 9.47 Å². The molecule has 2 heterocycles. The van der Waals surface area contributed by atoms with Gasteiger partial charge in [-0.05, 0) is 24.6 Å². The summed E-state index contributed by atoms with van der Waals surface area (Å²) in [5, 5.41) is 3.51. The Bertz CT molecular complexity index is 587. The molecule has 1 aliphatic heterocycles. The summed E-state index contributed by atoms with van der Waals surface area (Å²) >= 11 is 0. The number of hydrogen-bond acceptors (Lipinski definition) is 4. The summed E-state index contributed by atoms with van der Waals surface area (Å²) in [4.78, 5) is 4.16. The monoisotopic (exact) mass is 284 g/mol. The van der Waals surface area contributed by atoms with Crippen molar-refractivity contribution in [2.75, 3.05) is 13.2 Å². The molecule has 0 saturated carbocycles. The quantitative estimate of drug-likeness (QED) is 0.937. The molecule has 0 fully saturated rings. The Labute approximate surface area is 125 Å². The third-order valence-electron chi connectivity index (χ3n) is 3.64. The van der Waals surface area contributed by atoms with E-state index in [0.29, 0.717) is 6.61 Å². The largest absolute Gasteiger partial charge is 0.490 e. The molecular weight excluding hydrogens is 264 g/mol. The maximum Gasteiger partial charge on any atom is 0.165 e. The molecule has 1 atom stereocenters. The molecule has 0 aliphatic carbocycles. The molecule has 1 aliphatic rings. The number of fused-ring (bicyclic) bond motifs is 1. The molecule has 3 rings (SSSR count). The van der Waals surface area contributed by atoms with Crippen LogP contribution < -0.4 is 14.8 Å². The maximum atomic E-state index is 5.84. The minimum atomic E-state index is 0.237.